The standard InChI is InChI=1S/C66H56F2N4/c1-29(2)51-62-47-25-40(54-33(7)20-43(68)21-34(54)8)23-45-60-50(27-48(70-9)56-36-12-16-38(17-13-36)58(56)60)72(64(45)47)66(62)52(30(3)4)61-46-24-39(53-31(5)18-42(67)19-32(53)6)22-44-59-49(71(63(44)46)65(51)61)26-41(28-69)55-35-10-14-37(15-11-35)57(55)59/h18-27,29-30,35-38H,10-17H2,1-8H3. The highest BCUT2D eigenvalue weighted by Gasteiger charge is 2.41. The van der Waals surface area contributed by atoms with Crippen molar-refractivity contribution in [3.63, 3.8) is 0 Å². The fraction of sp³-hybridized carbons (Fsp3) is 0.333. The summed E-state index contributed by atoms with van der Waals surface area (Å²) in [5.74, 6) is 1.29. The van der Waals surface area contributed by atoms with Crippen LogP contribution in [0.1, 0.15) is 176 Å². The molecule has 4 bridgehead atoms. The molecular weight excluding hydrogens is 887 g/mol. The molecule has 0 atom stereocenters. The predicted octanol–water partition coefficient (Wildman–Crippen LogP) is 19.0. The maximum atomic E-state index is 15.2. The fourth-order valence-corrected chi connectivity index (χ4v) is 16.7. The van der Waals surface area contributed by atoms with E-state index in [0.29, 0.717) is 23.7 Å². The van der Waals surface area contributed by atoms with Crippen molar-refractivity contribution in [2.24, 2.45) is 0 Å². The number of aryl methyl sites for hydroxylation is 4. The molecule has 354 valence electrons. The van der Waals surface area contributed by atoms with E-state index < -0.39 is 0 Å². The molecule has 2 saturated carbocycles. The smallest absolute Gasteiger partial charge is 0.193 e. The van der Waals surface area contributed by atoms with E-state index in [1.54, 1.807) is 24.3 Å². The molecule has 0 radical (unpaired) electrons. The summed E-state index contributed by atoms with van der Waals surface area (Å²) in [6.45, 7) is 26.3. The van der Waals surface area contributed by atoms with Gasteiger partial charge in [0.25, 0.3) is 0 Å². The van der Waals surface area contributed by atoms with Gasteiger partial charge in [-0.15, -0.1) is 0 Å². The average molecular weight is 943 g/mol. The number of hydrogen-bond acceptors (Lipinski definition) is 1. The van der Waals surface area contributed by atoms with Gasteiger partial charge in [-0.05, 0) is 253 Å². The molecule has 72 heavy (non-hydrogen) atoms. The highest BCUT2D eigenvalue weighted by atomic mass is 19.1. The monoisotopic (exact) mass is 942 g/mol. The number of halogens is 2. The Morgan fingerprint density at radius 2 is 0.861 bits per heavy atom. The minimum Gasteiger partial charge on any atom is -0.309 e. The molecule has 6 aliphatic carbocycles. The summed E-state index contributed by atoms with van der Waals surface area (Å²) in [4.78, 5) is 4.37. The first kappa shape index (κ1) is 42.6. The van der Waals surface area contributed by atoms with Crippen LogP contribution in [0.4, 0.5) is 14.5 Å². The van der Waals surface area contributed by atoms with Crippen LogP contribution in [-0.4, -0.2) is 8.80 Å². The number of fused-ring (bicyclic) bond motifs is 16. The second-order valence-electron chi connectivity index (χ2n) is 23.5. The average Bonchev–Trinajstić information content (AvgIpc) is 4.08. The quantitative estimate of drug-likeness (QED) is 0.162. The summed E-state index contributed by atoms with van der Waals surface area (Å²) in [7, 11) is 0. The van der Waals surface area contributed by atoms with Crippen LogP contribution in [0.15, 0.2) is 60.7 Å². The Morgan fingerprint density at radius 1 is 0.500 bits per heavy atom. The summed E-state index contributed by atoms with van der Waals surface area (Å²) in [5, 5.41) is 21.0. The van der Waals surface area contributed by atoms with E-state index in [4.69, 9.17) is 6.57 Å². The molecule has 6 heteroatoms. The number of benzene rings is 7. The molecule has 6 aliphatic rings. The maximum absolute atomic E-state index is 15.2. The lowest BCUT2D eigenvalue weighted by atomic mass is 9.65. The van der Waals surface area contributed by atoms with E-state index in [9.17, 15) is 5.26 Å². The number of nitrogens with zero attached hydrogens (tertiary/aromatic N) is 4. The summed E-state index contributed by atoms with van der Waals surface area (Å²) < 4.78 is 35.6. The van der Waals surface area contributed by atoms with Gasteiger partial charge in [0.05, 0.1) is 45.8 Å². The van der Waals surface area contributed by atoms with Crippen LogP contribution in [0, 0.1) is 57.2 Å². The van der Waals surface area contributed by atoms with Crippen molar-refractivity contribution in [2.75, 3.05) is 0 Å². The Hall–Kier alpha value is -7.02. The molecule has 7 aromatic carbocycles. The maximum Gasteiger partial charge on any atom is 0.193 e. The van der Waals surface area contributed by atoms with Gasteiger partial charge in [-0.2, -0.15) is 5.26 Å². The van der Waals surface area contributed by atoms with E-state index in [-0.39, 0.29) is 23.5 Å². The van der Waals surface area contributed by atoms with E-state index in [2.05, 4.69) is 83.8 Å². The first-order valence-electron chi connectivity index (χ1n) is 26.7. The van der Waals surface area contributed by atoms with Gasteiger partial charge in [-0.3, -0.25) is 0 Å². The van der Waals surface area contributed by atoms with Crippen molar-refractivity contribution in [3.8, 4) is 28.3 Å². The summed E-state index contributed by atoms with van der Waals surface area (Å²) in [6.07, 6.45) is 9.11. The van der Waals surface area contributed by atoms with Gasteiger partial charge in [-0.25, -0.2) is 13.6 Å². The molecule has 4 aromatic heterocycles. The van der Waals surface area contributed by atoms with Crippen LogP contribution >= 0.6 is 0 Å². The van der Waals surface area contributed by atoms with Crippen molar-refractivity contribution in [1.29, 1.82) is 5.26 Å². The Bertz CT molecular complexity index is 4060. The van der Waals surface area contributed by atoms with Gasteiger partial charge in [-0.1, -0.05) is 27.7 Å². The SMILES string of the molecule is [C-]#[N+]c1cc2c(c3c1C1CCC3CC1)c1cc(-c3c(C)cc(F)cc3C)cc3c4c(C(C)C)c5c(c(C(C)C)c4n2c13)c1cc(-c2c(C)cc(F)cc2C)cc2c3c4c(c(C#N)cc3n5c21)C1CCC4CC1. The van der Waals surface area contributed by atoms with Crippen LogP contribution in [0.3, 0.4) is 0 Å². The van der Waals surface area contributed by atoms with Gasteiger partial charge in [0.2, 0.25) is 0 Å². The molecule has 4 heterocycles. The van der Waals surface area contributed by atoms with Crippen molar-refractivity contribution < 1.29 is 8.78 Å². The summed E-state index contributed by atoms with van der Waals surface area (Å²) in [6, 6.07) is 23.6. The van der Waals surface area contributed by atoms with Gasteiger partial charge < -0.3 is 8.80 Å². The molecule has 11 aromatic rings. The minimum atomic E-state index is -0.220. The molecule has 2 fully saturated rings. The largest absolute Gasteiger partial charge is 0.309 e. The molecule has 0 unspecified atom stereocenters. The van der Waals surface area contributed by atoms with E-state index in [0.717, 1.165) is 118 Å². The zero-order chi connectivity index (χ0) is 49.2. The van der Waals surface area contributed by atoms with Crippen LogP contribution in [0.25, 0.3) is 103 Å². The Morgan fingerprint density at radius 3 is 1.25 bits per heavy atom. The van der Waals surface area contributed by atoms with Gasteiger partial charge in [0.1, 0.15) is 11.6 Å². The topological polar surface area (TPSA) is 37.0 Å². The van der Waals surface area contributed by atoms with Gasteiger partial charge >= 0.3 is 0 Å². The first-order valence-corrected chi connectivity index (χ1v) is 26.7. The Labute approximate surface area is 418 Å². The first-order chi connectivity index (χ1) is 34.8. The van der Waals surface area contributed by atoms with Gasteiger partial charge in [0, 0.05) is 48.6 Å². The van der Waals surface area contributed by atoms with Crippen molar-refractivity contribution >= 4 is 81.9 Å². The number of aromatic nitrogens is 2. The fourth-order valence-electron chi connectivity index (χ4n) is 16.7. The molecule has 17 rings (SSSR count). The Balaban J connectivity index is 1.24. The van der Waals surface area contributed by atoms with E-state index >= 15 is 8.78 Å². The number of nitriles is 1. The Kier molecular flexibility index (Phi) is 8.50. The van der Waals surface area contributed by atoms with E-state index in [1.165, 1.54) is 98.5 Å². The number of hydrogen-bond donors (Lipinski definition) is 0. The zero-order valence-electron chi connectivity index (χ0n) is 42.4. The molecule has 0 N–H and O–H groups in total. The highest BCUT2D eigenvalue weighted by molar-refractivity contribution is 6.33. The lowest BCUT2D eigenvalue weighted by molar-refractivity contribution is 0.361. The third-order valence-electron chi connectivity index (χ3n) is 19.0. The third kappa shape index (κ3) is 5.14. The highest BCUT2D eigenvalue weighted by Crippen LogP contribution is 2.61. The van der Waals surface area contributed by atoms with Crippen molar-refractivity contribution in [2.45, 2.75) is 142 Å². The predicted molar refractivity (Wildman–Crippen MR) is 293 cm³/mol. The van der Waals surface area contributed by atoms with Crippen molar-refractivity contribution in [1.82, 2.24) is 8.80 Å². The van der Waals surface area contributed by atoms with Crippen LogP contribution in [-0.2, 0) is 0 Å². The summed E-state index contributed by atoms with van der Waals surface area (Å²) >= 11 is 0. The number of rotatable bonds is 4. The normalized spacial score (nSPS) is 19.6. The second kappa shape index (κ2) is 14.4. The second-order valence-corrected chi connectivity index (χ2v) is 23.5. The molecule has 0 amide bonds. The molecule has 4 nitrogen and oxygen atoms in total. The van der Waals surface area contributed by atoms with Crippen LogP contribution < -0.4 is 0 Å². The van der Waals surface area contributed by atoms with Crippen LogP contribution in [0.5, 0.6) is 0 Å². The molecule has 0 spiro atoms. The lowest BCUT2D eigenvalue weighted by Gasteiger charge is -2.39. The van der Waals surface area contributed by atoms with E-state index in [1.807, 2.05) is 27.7 Å². The van der Waals surface area contributed by atoms with Crippen molar-refractivity contribution in [3.05, 3.63) is 145 Å². The minimum absolute atomic E-state index is 0.0758. The van der Waals surface area contributed by atoms with Gasteiger partial charge in [0.15, 0.2) is 5.69 Å². The molecule has 0 aliphatic heterocycles. The molecule has 0 saturated heterocycles. The summed E-state index contributed by atoms with van der Waals surface area (Å²) in [5.41, 5.74) is 24.5. The third-order valence-corrected chi connectivity index (χ3v) is 19.0. The zero-order valence-corrected chi connectivity index (χ0v) is 42.4. The van der Waals surface area contributed by atoms with Crippen LogP contribution in [0.2, 0.25) is 0 Å². The lowest BCUT2D eigenvalue weighted by Crippen LogP contribution is -2.23. The molecular formula is C66H56F2N4.